The molecule has 0 aliphatic carbocycles. The summed E-state index contributed by atoms with van der Waals surface area (Å²) in [5.41, 5.74) is -0.433. The number of hydrogen-bond acceptors (Lipinski definition) is 3. The standard InChI is InChI=1S/C15H28BrO3P/c1-5-9-10-13-14(16)15(11-6-2,12-7-3)19-20(13,17)18-8-4/h5-12H2,1-4H3. The highest BCUT2D eigenvalue weighted by Gasteiger charge is 2.51. The average Bonchev–Trinajstić information content (AvgIpc) is 2.58. The highest BCUT2D eigenvalue weighted by Crippen LogP contribution is 2.70. The monoisotopic (exact) mass is 366 g/mol. The molecule has 1 aliphatic rings. The summed E-state index contributed by atoms with van der Waals surface area (Å²) in [7, 11) is -3.11. The number of allylic oxidation sites excluding steroid dienone is 1. The Kier molecular flexibility index (Phi) is 7.48. The third-order valence-electron chi connectivity index (χ3n) is 3.65. The fourth-order valence-corrected chi connectivity index (χ4v) is 6.54. The number of rotatable bonds is 9. The number of halogens is 1. The first-order chi connectivity index (χ1) is 9.49. The van der Waals surface area contributed by atoms with Crippen LogP contribution >= 0.6 is 23.5 Å². The zero-order valence-electron chi connectivity index (χ0n) is 13.2. The van der Waals surface area contributed by atoms with Crippen molar-refractivity contribution >= 4 is 23.5 Å². The van der Waals surface area contributed by atoms with E-state index in [1.807, 2.05) is 6.92 Å². The Morgan fingerprint density at radius 1 is 1.15 bits per heavy atom. The molecular formula is C15H28BrO3P. The Hall–Kier alpha value is 0.370. The van der Waals surface area contributed by atoms with Gasteiger partial charge in [0.15, 0.2) is 0 Å². The van der Waals surface area contributed by atoms with Gasteiger partial charge in [0.1, 0.15) is 5.60 Å². The van der Waals surface area contributed by atoms with Gasteiger partial charge in [-0.05, 0) is 32.6 Å². The quantitative estimate of drug-likeness (QED) is 0.444. The van der Waals surface area contributed by atoms with E-state index in [0.717, 1.165) is 54.7 Å². The molecule has 1 heterocycles. The van der Waals surface area contributed by atoms with Crippen molar-refractivity contribution in [3.63, 3.8) is 0 Å². The van der Waals surface area contributed by atoms with Crippen molar-refractivity contribution in [3.05, 3.63) is 9.80 Å². The van der Waals surface area contributed by atoms with Crippen molar-refractivity contribution in [2.24, 2.45) is 0 Å². The molecule has 1 unspecified atom stereocenters. The Bertz CT molecular complexity index is 387. The minimum Gasteiger partial charge on any atom is -0.306 e. The SMILES string of the molecule is CCCCC1=C(Br)C(CCC)(CCC)OP1(=O)OCC. The molecule has 0 bridgehead atoms. The molecular weight excluding hydrogens is 339 g/mol. The first-order valence-electron chi connectivity index (χ1n) is 7.84. The molecule has 0 aromatic rings. The van der Waals surface area contributed by atoms with Crippen LogP contribution in [0.2, 0.25) is 0 Å². The van der Waals surface area contributed by atoms with Gasteiger partial charge < -0.3 is 4.52 Å². The van der Waals surface area contributed by atoms with Crippen LogP contribution in [-0.4, -0.2) is 12.2 Å². The largest absolute Gasteiger partial charge is 0.359 e. The summed E-state index contributed by atoms with van der Waals surface area (Å²) in [5, 5.41) is 0.878. The molecule has 1 rings (SSSR count). The molecule has 0 amide bonds. The minimum absolute atomic E-state index is 0.418. The van der Waals surface area contributed by atoms with Crippen molar-refractivity contribution in [1.82, 2.24) is 0 Å². The Labute approximate surface area is 132 Å². The summed E-state index contributed by atoms with van der Waals surface area (Å²) >= 11 is 3.71. The van der Waals surface area contributed by atoms with E-state index in [9.17, 15) is 4.57 Å². The van der Waals surface area contributed by atoms with Gasteiger partial charge in [-0.1, -0.05) is 56.0 Å². The zero-order valence-corrected chi connectivity index (χ0v) is 15.7. The molecule has 0 saturated carbocycles. The van der Waals surface area contributed by atoms with Crippen molar-refractivity contribution < 1.29 is 13.6 Å². The summed E-state index contributed by atoms with van der Waals surface area (Å²) in [4.78, 5) is 0. The molecule has 0 radical (unpaired) electrons. The maximum Gasteiger partial charge on any atom is 0.359 e. The summed E-state index contributed by atoms with van der Waals surface area (Å²) in [6.45, 7) is 8.70. The van der Waals surface area contributed by atoms with Crippen LogP contribution in [0.5, 0.6) is 0 Å². The highest BCUT2D eigenvalue weighted by molar-refractivity contribution is 9.11. The molecule has 0 N–H and O–H groups in total. The van der Waals surface area contributed by atoms with E-state index < -0.39 is 13.2 Å². The van der Waals surface area contributed by atoms with Crippen molar-refractivity contribution in [2.45, 2.75) is 78.2 Å². The van der Waals surface area contributed by atoms with Crippen LogP contribution in [0.25, 0.3) is 0 Å². The number of hydrogen-bond donors (Lipinski definition) is 0. The summed E-state index contributed by atoms with van der Waals surface area (Å²) in [6.07, 6.45) is 6.65. The van der Waals surface area contributed by atoms with E-state index >= 15 is 0 Å². The van der Waals surface area contributed by atoms with E-state index in [-0.39, 0.29) is 0 Å². The molecule has 0 aromatic heterocycles. The van der Waals surface area contributed by atoms with Gasteiger partial charge in [-0.15, -0.1) is 0 Å². The highest BCUT2D eigenvalue weighted by atomic mass is 79.9. The maximum absolute atomic E-state index is 13.1. The molecule has 0 spiro atoms. The second-order valence-corrected chi connectivity index (χ2v) is 8.13. The molecule has 20 heavy (non-hydrogen) atoms. The van der Waals surface area contributed by atoms with Crippen LogP contribution < -0.4 is 0 Å². The third-order valence-corrected chi connectivity index (χ3v) is 7.46. The minimum atomic E-state index is -3.11. The lowest BCUT2D eigenvalue weighted by atomic mass is 9.92. The van der Waals surface area contributed by atoms with Crippen LogP contribution in [0.3, 0.4) is 0 Å². The van der Waals surface area contributed by atoms with Crippen molar-refractivity contribution in [1.29, 1.82) is 0 Å². The van der Waals surface area contributed by atoms with Crippen LogP contribution in [0.15, 0.2) is 9.80 Å². The van der Waals surface area contributed by atoms with Gasteiger partial charge in [0, 0.05) is 4.48 Å². The van der Waals surface area contributed by atoms with Gasteiger partial charge in [0.25, 0.3) is 0 Å². The lowest BCUT2D eigenvalue weighted by Crippen LogP contribution is -2.28. The van der Waals surface area contributed by atoms with Gasteiger partial charge in [-0.25, -0.2) is 0 Å². The van der Waals surface area contributed by atoms with Crippen molar-refractivity contribution in [2.75, 3.05) is 6.61 Å². The van der Waals surface area contributed by atoms with Gasteiger partial charge >= 0.3 is 7.60 Å². The van der Waals surface area contributed by atoms with E-state index in [1.54, 1.807) is 0 Å². The summed E-state index contributed by atoms with van der Waals surface area (Å²) in [5.74, 6) is 0. The second-order valence-electron chi connectivity index (χ2n) is 5.37. The van der Waals surface area contributed by atoms with Crippen LogP contribution in [0.4, 0.5) is 0 Å². The lowest BCUT2D eigenvalue weighted by molar-refractivity contribution is 0.0834. The van der Waals surface area contributed by atoms with Crippen molar-refractivity contribution in [3.8, 4) is 0 Å². The first kappa shape index (κ1) is 18.4. The number of unbranched alkanes of at least 4 members (excludes halogenated alkanes) is 1. The van der Waals surface area contributed by atoms with Crippen LogP contribution in [-0.2, 0) is 13.6 Å². The topological polar surface area (TPSA) is 35.5 Å². The van der Waals surface area contributed by atoms with E-state index in [2.05, 4.69) is 36.7 Å². The zero-order chi connectivity index (χ0) is 15.2. The van der Waals surface area contributed by atoms with Crippen LogP contribution in [0, 0.1) is 0 Å². The molecule has 5 heteroatoms. The molecule has 1 aliphatic heterocycles. The smallest absolute Gasteiger partial charge is 0.306 e. The molecule has 118 valence electrons. The average molecular weight is 367 g/mol. The van der Waals surface area contributed by atoms with Gasteiger partial charge in [-0.2, -0.15) is 0 Å². The summed E-state index contributed by atoms with van der Waals surface area (Å²) < 4.78 is 25.7. The van der Waals surface area contributed by atoms with E-state index in [1.165, 1.54) is 0 Å². The molecule has 3 nitrogen and oxygen atoms in total. The van der Waals surface area contributed by atoms with E-state index in [4.69, 9.17) is 9.05 Å². The first-order valence-corrected chi connectivity index (χ1v) is 10.2. The fourth-order valence-electron chi connectivity index (χ4n) is 2.82. The molecule has 0 aromatic carbocycles. The molecule has 0 saturated heterocycles. The second kappa shape index (κ2) is 8.12. The predicted molar refractivity (Wildman–Crippen MR) is 88.3 cm³/mol. The Morgan fingerprint density at radius 3 is 2.20 bits per heavy atom. The third kappa shape index (κ3) is 3.76. The predicted octanol–water partition coefficient (Wildman–Crippen LogP) is 6.38. The summed E-state index contributed by atoms with van der Waals surface area (Å²) in [6, 6.07) is 0. The van der Waals surface area contributed by atoms with Gasteiger partial charge in [0.2, 0.25) is 0 Å². The van der Waals surface area contributed by atoms with Crippen LogP contribution in [0.1, 0.15) is 72.6 Å². The maximum atomic E-state index is 13.1. The van der Waals surface area contributed by atoms with Gasteiger partial charge in [-0.3, -0.25) is 9.09 Å². The Balaban J connectivity index is 3.17. The van der Waals surface area contributed by atoms with E-state index in [0.29, 0.717) is 6.61 Å². The fraction of sp³-hybridized carbons (Fsp3) is 0.867. The van der Waals surface area contributed by atoms with Gasteiger partial charge in [0.05, 0.1) is 11.9 Å². The lowest BCUT2D eigenvalue weighted by Gasteiger charge is -2.29. The Morgan fingerprint density at radius 2 is 1.75 bits per heavy atom. The normalized spacial score (nSPS) is 25.4. The molecule has 0 fully saturated rings. The molecule has 1 atom stereocenters.